The van der Waals surface area contributed by atoms with Crippen molar-refractivity contribution in [2.45, 2.75) is 26.3 Å². The fourth-order valence-corrected chi connectivity index (χ4v) is 2.01. The number of rotatable bonds is 6. The third-order valence-electron chi connectivity index (χ3n) is 3.18. The lowest BCUT2D eigenvalue weighted by molar-refractivity contribution is 0.435. The largest absolute Gasteiger partial charge is 0.454 e. The Bertz CT molecular complexity index is 601. The van der Waals surface area contributed by atoms with Crippen LogP contribution in [0.15, 0.2) is 42.5 Å². The summed E-state index contributed by atoms with van der Waals surface area (Å²) in [6.45, 7) is 5.08. The smallest absolute Gasteiger partial charge is 0.165 e. The Kier molecular flexibility index (Phi) is 5.28. The first-order valence-corrected chi connectivity index (χ1v) is 7.06. The second-order valence-corrected chi connectivity index (χ2v) is 4.93. The summed E-state index contributed by atoms with van der Waals surface area (Å²) < 4.78 is 32.2. The highest BCUT2D eigenvalue weighted by Crippen LogP contribution is 2.27. The minimum atomic E-state index is -0.584. The summed E-state index contributed by atoms with van der Waals surface area (Å²) in [6, 6.07) is 10.7. The Hall–Kier alpha value is -1.94. The van der Waals surface area contributed by atoms with Gasteiger partial charge in [0.2, 0.25) is 0 Å². The number of hydrogen-bond donors (Lipinski definition) is 1. The minimum Gasteiger partial charge on any atom is -0.454 e. The van der Waals surface area contributed by atoms with E-state index in [9.17, 15) is 8.78 Å². The maximum atomic E-state index is 13.6. The fourth-order valence-electron chi connectivity index (χ4n) is 2.01. The van der Waals surface area contributed by atoms with Crippen LogP contribution < -0.4 is 10.1 Å². The first kappa shape index (κ1) is 15.4. The molecule has 0 spiro atoms. The first-order valence-electron chi connectivity index (χ1n) is 7.06. The molecule has 0 aliphatic heterocycles. The Morgan fingerprint density at radius 2 is 1.95 bits per heavy atom. The van der Waals surface area contributed by atoms with Crippen LogP contribution in [0.5, 0.6) is 11.5 Å². The highest BCUT2D eigenvalue weighted by molar-refractivity contribution is 5.35. The topological polar surface area (TPSA) is 21.3 Å². The summed E-state index contributed by atoms with van der Waals surface area (Å²) in [6.07, 6.45) is 1.05. The number of halogens is 2. The van der Waals surface area contributed by atoms with Crippen LogP contribution in [-0.4, -0.2) is 6.54 Å². The van der Waals surface area contributed by atoms with Crippen molar-refractivity contribution in [2.24, 2.45) is 0 Å². The molecule has 2 aromatic rings. The summed E-state index contributed by atoms with van der Waals surface area (Å²) >= 11 is 0. The summed E-state index contributed by atoms with van der Waals surface area (Å²) in [5.41, 5.74) is 1.04. The van der Waals surface area contributed by atoms with Crippen molar-refractivity contribution < 1.29 is 13.5 Å². The zero-order chi connectivity index (χ0) is 15.2. The van der Waals surface area contributed by atoms with Gasteiger partial charge in [0.1, 0.15) is 11.6 Å². The van der Waals surface area contributed by atoms with Crippen LogP contribution in [0.4, 0.5) is 8.78 Å². The third-order valence-corrected chi connectivity index (χ3v) is 3.18. The standard InChI is InChI=1S/C17H19F2NO/c1-3-9-20-12(2)13-5-4-6-15(10-13)21-17-11-14(18)7-8-16(17)19/h4-8,10-12,20H,3,9H2,1-2H3. The molecule has 2 aromatic carbocycles. The quantitative estimate of drug-likeness (QED) is 0.824. The molecule has 4 heteroatoms. The van der Waals surface area contributed by atoms with Crippen LogP contribution in [0.2, 0.25) is 0 Å². The van der Waals surface area contributed by atoms with Crippen molar-refractivity contribution in [1.29, 1.82) is 0 Å². The summed E-state index contributed by atoms with van der Waals surface area (Å²) in [5.74, 6) is -0.733. The van der Waals surface area contributed by atoms with Gasteiger partial charge in [-0.05, 0) is 49.7 Å². The molecule has 0 heterocycles. The third kappa shape index (κ3) is 4.26. The van der Waals surface area contributed by atoms with Gasteiger partial charge in [-0.1, -0.05) is 19.1 Å². The van der Waals surface area contributed by atoms with Gasteiger partial charge in [0.05, 0.1) is 0 Å². The fraction of sp³-hybridized carbons (Fsp3) is 0.294. The highest BCUT2D eigenvalue weighted by atomic mass is 19.1. The van der Waals surface area contributed by atoms with Crippen molar-refractivity contribution in [3.05, 3.63) is 59.7 Å². The Labute approximate surface area is 123 Å². The molecule has 2 nitrogen and oxygen atoms in total. The van der Waals surface area contributed by atoms with E-state index in [2.05, 4.69) is 19.2 Å². The van der Waals surface area contributed by atoms with Gasteiger partial charge in [-0.2, -0.15) is 0 Å². The normalized spacial score (nSPS) is 12.2. The van der Waals surface area contributed by atoms with Gasteiger partial charge in [0.25, 0.3) is 0 Å². The van der Waals surface area contributed by atoms with Crippen molar-refractivity contribution >= 4 is 0 Å². The van der Waals surface area contributed by atoms with Crippen molar-refractivity contribution in [1.82, 2.24) is 5.32 Å². The van der Waals surface area contributed by atoms with Crippen molar-refractivity contribution in [3.8, 4) is 11.5 Å². The predicted octanol–water partition coefficient (Wildman–Crippen LogP) is 4.82. The van der Waals surface area contributed by atoms with Gasteiger partial charge in [-0.15, -0.1) is 0 Å². The first-order chi connectivity index (χ1) is 10.1. The van der Waals surface area contributed by atoms with E-state index in [4.69, 9.17) is 4.74 Å². The summed E-state index contributed by atoms with van der Waals surface area (Å²) in [7, 11) is 0. The lowest BCUT2D eigenvalue weighted by Gasteiger charge is -2.15. The summed E-state index contributed by atoms with van der Waals surface area (Å²) in [5, 5.41) is 3.37. The van der Waals surface area contributed by atoms with Gasteiger partial charge < -0.3 is 10.1 Å². The number of benzene rings is 2. The van der Waals surface area contributed by atoms with Crippen molar-refractivity contribution in [2.75, 3.05) is 6.54 Å². The van der Waals surface area contributed by atoms with E-state index in [-0.39, 0.29) is 11.8 Å². The molecule has 0 aliphatic rings. The predicted molar refractivity (Wildman–Crippen MR) is 79.6 cm³/mol. The molecule has 0 amide bonds. The van der Waals surface area contributed by atoms with E-state index in [0.29, 0.717) is 5.75 Å². The summed E-state index contributed by atoms with van der Waals surface area (Å²) in [4.78, 5) is 0. The van der Waals surface area contributed by atoms with Crippen LogP contribution in [0.25, 0.3) is 0 Å². The van der Waals surface area contributed by atoms with E-state index >= 15 is 0 Å². The second kappa shape index (κ2) is 7.18. The molecule has 0 aromatic heterocycles. The zero-order valence-corrected chi connectivity index (χ0v) is 12.2. The molecule has 2 rings (SSSR count). The van der Waals surface area contributed by atoms with Gasteiger partial charge in [0, 0.05) is 12.1 Å². The molecule has 0 bridgehead atoms. The maximum absolute atomic E-state index is 13.6. The van der Waals surface area contributed by atoms with Gasteiger partial charge >= 0.3 is 0 Å². The molecule has 0 fully saturated rings. The van der Waals surface area contributed by atoms with Gasteiger partial charge in [-0.25, -0.2) is 8.78 Å². The van der Waals surface area contributed by atoms with Crippen LogP contribution in [-0.2, 0) is 0 Å². The molecule has 0 radical (unpaired) electrons. The maximum Gasteiger partial charge on any atom is 0.165 e. The number of nitrogens with one attached hydrogen (secondary N) is 1. The van der Waals surface area contributed by atoms with Crippen LogP contribution in [0, 0.1) is 11.6 Å². The Morgan fingerprint density at radius 3 is 2.71 bits per heavy atom. The molecule has 1 unspecified atom stereocenters. The van der Waals surface area contributed by atoms with Gasteiger partial charge in [-0.3, -0.25) is 0 Å². The molecule has 112 valence electrons. The molecular formula is C17H19F2NO. The second-order valence-electron chi connectivity index (χ2n) is 4.93. The number of ether oxygens (including phenoxy) is 1. The van der Waals surface area contributed by atoms with E-state index in [1.165, 1.54) is 0 Å². The average Bonchev–Trinajstić information content (AvgIpc) is 2.49. The van der Waals surface area contributed by atoms with Crippen LogP contribution >= 0.6 is 0 Å². The molecule has 0 aliphatic carbocycles. The van der Waals surface area contributed by atoms with E-state index < -0.39 is 11.6 Å². The van der Waals surface area contributed by atoms with Crippen molar-refractivity contribution in [3.63, 3.8) is 0 Å². The van der Waals surface area contributed by atoms with E-state index in [1.54, 1.807) is 6.07 Å². The molecular weight excluding hydrogens is 272 g/mol. The van der Waals surface area contributed by atoms with Crippen LogP contribution in [0.1, 0.15) is 31.9 Å². The zero-order valence-electron chi connectivity index (χ0n) is 12.2. The Morgan fingerprint density at radius 1 is 1.14 bits per heavy atom. The van der Waals surface area contributed by atoms with E-state index in [1.807, 2.05) is 18.2 Å². The molecule has 1 atom stereocenters. The Balaban J connectivity index is 2.15. The minimum absolute atomic E-state index is 0.110. The average molecular weight is 291 g/mol. The number of hydrogen-bond acceptors (Lipinski definition) is 2. The van der Waals surface area contributed by atoms with Gasteiger partial charge in [0.15, 0.2) is 11.6 Å². The highest BCUT2D eigenvalue weighted by Gasteiger charge is 2.09. The SMILES string of the molecule is CCCNC(C)c1cccc(Oc2cc(F)ccc2F)c1. The lowest BCUT2D eigenvalue weighted by atomic mass is 10.1. The monoisotopic (exact) mass is 291 g/mol. The van der Waals surface area contributed by atoms with Crippen LogP contribution in [0.3, 0.4) is 0 Å². The van der Waals surface area contributed by atoms with E-state index in [0.717, 1.165) is 36.7 Å². The lowest BCUT2D eigenvalue weighted by Crippen LogP contribution is -2.19. The molecule has 0 saturated heterocycles. The molecule has 1 N–H and O–H groups in total. The molecule has 0 saturated carbocycles. The molecule has 21 heavy (non-hydrogen) atoms.